The fraction of sp³-hybridized carbons (Fsp3) is 1.00. The minimum Gasteiger partial charge on any atom is -0.378 e. The minimum absolute atomic E-state index is 0.113. The van der Waals surface area contributed by atoms with Crippen LogP contribution in [-0.4, -0.2) is 52.0 Å². The Hall–Kier alpha value is -0.200. The molecule has 1 heterocycles. The topological polar surface area (TPSA) is 62.9 Å². The first-order valence-electron chi connectivity index (χ1n) is 8.24. The molecule has 2 N–H and O–H groups in total. The molecule has 1 saturated heterocycles. The lowest BCUT2D eigenvalue weighted by Crippen LogP contribution is -2.45. The second-order valence-corrected chi connectivity index (χ2v) is 5.91. The zero-order valence-corrected chi connectivity index (χ0v) is 14.0. The summed E-state index contributed by atoms with van der Waals surface area (Å²) < 4.78 is 22.6. The van der Waals surface area contributed by atoms with Gasteiger partial charge >= 0.3 is 0 Å². The average molecular weight is 303 g/mol. The zero-order valence-electron chi connectivity index (χ0n) is 14.0. The number of ether oxygens (including phenoxy) is 4. The van der Waals surface area contributed by atoms with Crippen LogP contribution >= 0.6 is 0 Å². The SMILES string of the molecule is CCC1O[C@H](OCCOCCOCCN)C(C)[C@@H](C)[C@@H]1C. The maximum Gasteiger partial charge on any atom is 0.160 e. The number of rotatable bonds is 10. The Morgan fingerprint density at radius 1 is 0.857 bits per heavy atom. The molecule has 1 aliphatic rings. The van der Waals surface area contributed by atoms with Crippen molar-refractivity contribution in [3.05, 3.63) is 0 Å². The van der Waals surface area contributed by atoms with Crippen LogP contribution in [0.3, 0.4) is 0 Å². The van der Waals surface area contributed by atoms with E-state index in [0.29, 0.717) is 63.4 Å². The van der Waals surface area contributed by atoms with Gasteiger partial charge in [0.2, 0.25) is 0 Å². The van der Waals surface area contributed by atoms with E-state index < -0.39 is 0 Å². The monoisotopic (exact) mass is 303 g/mol. The van der Waals surface area contributed by atoms with E-state index in [1.54, 1.807) is 0 Å². The van der Waals surface area contributed by atoms with Gasteiger partial charge in [-0.1, -0.05) is 27.7 Å². The molecule has 0 aromatic carbocycles. The van der Waals surface area contributed by atoms with Crippen molar-refractivity contribution in [2.45, 2.75) is 46.5 Å². The Morgan fingerprint density at radius 2 is 1.48 bits per heavy atom. The summed E-state index contributed by atoms with van der Waals surface area (Å²) in [6.45, 7) is 12.4. The molecule has 0 amide bonds. The Morgan fingerprint density at radius 3 is 2.10 bits per heavy atom. The number of hydrogen-bond donors (Lipinski definition) is 1. The predicted molar refractivity (Wildman–Crippen MR) is 83.1 cm³/mol. The fourth-order valence-electron chi connectivity index (χ4n) is 2.77. The Balaban J connectivity index is 2.16. The summed E-state index contributed by atoms with van der Waals surface area (Å²) in [7, 11) is 0. The van der Waals surface area contributed by atoms with E-state index in [2.05, 4.69) is 27.7 Å². The average Bonchev–Trinajstić information content (AvgIpc) is 2.49. The maximum absolute atomic E-state index is 6.07. The van der Waals surface area contributed by atoms with Gasteiger partial charge in [-0.15, -0.1) is 0 Å². The third-order valence-corrected chi connectivity index (χ3v) is 4.53. The molecule has 5 heteroatoms. The quantitative estimate of drug-likeness (QED) is 0.626. The molecular weight excluding hydrogens is 270 g/mol. The second kappa shape index (κ2) is 10.5. The van der Waals surface area contributed by atoms with Gasteiger partial charge < -0.3 is 24.7 Å². The summed E-state index contributed by atoms with van der Waals surface area (Å²) in [5.41, 5.74) is 5.33. The molecule has 0 bridgehead atoms. The number of nitrogens with two attached hydrogens (primary N) is 1. The highest BCUT2D eigenvalue weighted by atomic mass is 16.7. The van der Waals surface area contributed by atoms with Gasteiger partial charge in [0.25, 0.3) is 0 Å². The molecule has 0 saturated carbocycles. The first kappa shape index (κ1) is 18.8. The van der Waals surface area contributed by atoms with Gasteiger partial charge in [-0.25, -0.2) is 0 Å². The van der Waals surface area contributed by atoms with E-state index in [9.17, 15) is 0 Å². The lowest BCUT2D eigenvalue weighted by Gasteiger charge is -2.43. The largest absolute Gasteiger partial charge is 0.378 e. The van der Waals surface area contributed by atoms with E-state index in [1.807, 2.05) is 0 Å². The molecule has 1 rings (SSSR count). The normalized spacial score (nSPS) is 33.3. The van der Waals surface area contributed by atoms with Crippen molar-refractivity contribution in [2.75, 3.05) is 39.6 Å². The van der Waals surface area contributed by atoms with E-state index >= 15 is 0 Å². The Labute approximate surface area is 129 Å². The van der Waals surface area contributed by atoms with Crippen LogP contribution < -0.4 is 5.73 Å². The van der Waals surface area contributed by atoms with Gasteiger partial charge in [-0.05, 0) is 18.3 Å². The van der Waals surface area contributed by atoms with Gasteiger partial charge in [-0.3, -0.25) is 0 Å². The summed E-state index contributed by atoms with van der Waals surface area (Å²) in [6.07, 6.45) is 1.22. The highest BCUT2D eigenvalue weighted by Crippen LogP contribution is 2.36. The molecule has 0 radical (unpaired) electrons. The van der Waals surface area contributed by atoms with Crippen molar-refractivity contribution >= 4 is 0 Å². The molecule has 0 spiro atoms. The maximum atomic E-state index is 6.07. The van der Waals surface area contributed by atoms with Crippen LogP contribution in [0.2, 0.25) is 0 Å². The molecular formula is C16H33NO4. The highest BCUT2D eigenvalue weighted by Gasteiger charge is 2.38. The van der Waals surface area contributed by atoms with Crippen LogP contribution in [0.4, 0.5) is 0 Å². The zero-order chi connectivity index (χ0) is 15.7. The molecule has 21 heavy (non-hydrogen) atoms. The summed E-state index contributed by atoms with van der Waals surface area (Å²) in [6, 6.07) is 0. The van der Waals surface area contributed by atoms with Crippen LogP contribution in [0.15, 0.2) is 0 Å². The van der Waals surface area contributed by atoms with Crippen molar-refractivity contribution in [1.29, 1.82) is 0 Å². The fourth-order valence-corrected chi connectivity index (χ4v) is 2.77. The van der Waals surface area contributed by atoms with Crippen molar-refractivity contribution in [2.24, 2.45) is 23.5 Å². The van der Waals surface area contributed by atoms with Crippen LogP contribution in [0.5, 0.6) is 0 Å². The summed E-state index contributed by atoms with van der Waals surface area (Å²) in [5.74, 6) is 1.61. The lowest BCUT2D eigenvalue weighted by atomic mass is 9.78. The van der Waals surface area contributed by atoms with Crippen molar-refractivity contribution < 1.29 is 18.9 Å². The van der Waals surface area contributed by atoms with Crippen LogP contribution in [0.25, 0.3) is 0 Å². The summed E-state index contributed by atoms with van der Waals surface area (Å²) in [4.78, 5) is 0. The smallest absolute Gasteiger partial charge is 0.160 e. The molecule has 5 atom stereocenters. The van der Waals surface area contributed by atoms with Crippen molar-refractivity contribution in [1.82, 2.24) is 0 Å². The van der Waals surface area contributed by atoms with Crippen molar-refractivity contribution in [3.63, 3.8) is 0 Å². The molecule has 0 aliphatic carbocycles. The van der Waals surface area contributed by atoms with Crippen molar-refractivity contribution in [3.8, 4) is 0 Å². The van der Waals surface area contributed by atoms with Gasteiger partial charge in [0, 0.05) is 12.5 Å². The molecule has 0 aromatic heterocycles. The van der Waals surface area contributed by atoms with Gasteiger partial charge in [0.15, 0.2) is 6.29 Å². The third-order valence-electron chi connectivity index (χ3n) is 4.53. The van der Waals surface area contributed by atoms with E-state index in [1.165, 1.54) is 0 Å². The van der Waals surface area contributed by atoms with Gasteiger partial charge in [0.05, 0.1) is 39.1 Å². The first-order valence-corrected chi connectivity index (χ1v) is 8.24. The molecule has 1 fully saturated rings. The summed E-state index contributed by atoms with van der Waals surface area (Å²) >= 11 is 0. The van der Waals surface area contributed by atoms with Gasteiger partial charge in [-0.2, -0.15) is 0 Å². The highest BCUT2D eigenvalue weighted by molar-refractivity contribution is 4.82. The molecule has 5 nitrogen and oxygen atoms in total. The van der Waals surface area contributed by atoms with Crippen LogP contribution in [0.1, 0.15) is 34.1 Å². The van der Waals surface area contributed by atoms with Crippen LogP contribution in [0, 0.1) is 17.8 Å². The molecule has 2 unspecified atom stereocenters. The molecule has 126 valence electrons. The van der Waals surface area contributed by atoms with E-state index in [4.69, 9.17) is 24.7 Å². The molecule has 1 aliphatic heterocycles. The Kier molecular flexibility index (Phi) is 9.44. The standard InChI is InChI=1S/C16H33NO4/c1-5-15-13(3)12(2)14(4)16(21-15)20-11-10-19-9-8-18-7-6-17/h12-16H,5-11,17H2,1-4H3/t12-,13-,14?,15?,16-/m0/s1. The number of hydrogen-bond acceptors (Lipinski definition) is 5. The first-order chi connectivity index (χ1) is 10.1. The predicted octanol–water partition coefficient (Wildman–Crippen LogP) is 2.04. The van der Waals surface area contributed by atoms with Crippen LogP contribution in [-0.2, 0) is 18.9 Å². The van der Waals surface area contributed by atoms with Gasteiger partial charge in [0.1, 0.15) is 0 Å². The van der Waals surface area contributed by atoms with E-state index in [0.717, 1.165) is 6.42 Å². The second-order valence-electron chi connectivity index (χ2n) is 5.91. The minimum atomic E-state index is -0.113. The lowest BCUT2D eigenvalue weighted by molar-refractivity contribution is -0.251. The molecule has 0 aromatic rings. The Bertz CT molecular complexity index is 263. The van der Waals surface area contributed by atoms with E-state index in [-0.39, 0.29) is 6.29 Å². The summed E-state index contributed by atoms with van der Waals surface area (Å²) in [5, 5.41) is 0. The third kappa shape index (κ3) is 6.20.